The van der Waals surface area contributed by atoms with E-state index in [-0.39, 0.29) is 5.12 Å². The van der Waals surface area contributed by atoms with Crippen molar-refractivity contribution in [1.82, 2.24) is 0 Å². The summed E-state index contributed by atoms with van der Waals surface area (Å²) in [5.74, 6) is 2.69. The van der Waals surface area contributed by atoms with Gasteiger partial charge in [-0.15, -0.1) is 11.6 Å². The number of thioether (sulfide) groups is 2. The molecule has 0 saturated carbocycles. The molecule has 0 amide bonds. The van der Waals surface area contributed by atoms with Gasteiger partial charge >= 0.3 is 0 Å². The first kappa shape index (κ1) is 8.75. The maximum atomic E-state index is 10.8. The van der Waals surface area contributed by atoms with Crippen molar-refractivity contribution in [1.29, 1.82) is 0 Å². The Hall–Kier alpha value is 0.660. The predicted octanol–water partition coefficient (Wildman–Crippen LogP) is 1.99. The van der Waals surface area contributed by atoms with Crippen LogP contribution in [-0.4, -0.2) is 27.8 Å². The highest BCUT2D eigenvalue weighted by molar-refractivity contribution is 8.15. The number of halogens is 1. The summed E-state index contributed by atoms with van der Waals surface area (Å²) in [4.78, 5) is 10.8. The number of rotatable bonds is 4. The summed E-state index contributed by atoms with van der Waals surface area (Å²) >= 11 is 8.74. The van der Waals surface area contributed by atoms with Crippen LogP contribution in [0.3, 0.4) is 0 Å². The summed E-state index contributed by atoms with van der Waals surface area (Å²) in [6.45, 7) is 0. The average Bonchev–Trinajstić information content (AvgIpc) is 2.67. The fourth-order valence-corrected chi connectivity index (χ4v) is 2.51. The second kappa shape index (κ2) is 4.52. The molecule has 0 N–H and O–H groups in total. The van der Waals surface area contributed by atoms with Gasteiger partial charge in [0.05, 0.1) is 0 Å². The molecule has 4 heteroatoms. The molecule has 0 spiro atoms. The Bertz CT molecular complexity index is 125. The van der Waals surface area contributed by atoms with E-state index in [1.165, 1.54) is 17.5 Å². The number of carbonyl (C=O) groups is 1. The second-order valence-electron chi connectivity index (χ2n) is 2.08. The highest BCUT2D eigenvalue weighted by Crippen LogP contribution is 2.33. The first-order valence-corrected chi connectivity index (χ1v) is 5.73. The molecule has 0 aromatic rings. The molecular formula is C6H9ClOS2. The topological polar surface area (TPSA) is 17.1 Å². The van der Waals surface area contributed by atoms with Crippen molar-refractivity contribution >= 4 is 40.2 Å². The van der Waals surface area contributed by atoms with Gasteiger partial charge in [-0.1, -0.05) is 11.8 Å². The van der Waals surface area contributed by atoms with E-state index in [1.54, 1.807) is 0 Å². The van der Waals surface area contributed by atoms with Gasteiger partial charge in [0.15, 0.2) is 5.12 Å². The van der Waals surface area contributed by atoms with E-state index in [0.717, 1.165) is 11.0 Å². The molecule has 58 valence electrons. The summed E-state index contributed by atoms with van der Waals surface area (Å²) in [6.07, 6.45) is 0.517. The molecule has 0 aromatic heterocycles. The van der Waals surface area contributed by atoms with Crippen LogP contribution in [0.2, 0.25) is 0 Å². The average molecular weight is 197 g/mol. The Morgan fingerprint density at radius 1 is 1.80 bits per heavy atom. The minimum Gasteiger partial charge on any atom is -0.287 e. The monoisotopic (exact) mass is 196 g/mol. The molecule has 1 rings (SSSR count). The molecule has 1 unspecified atom stereocenters. The highest BCUT2D eigenvalue weighted by Gasteiger charge is 2.22. The Labute approximate surface area is 74.3 Å². The highest BCUT2D eigenvalue weighted by atomic mass is 35.5. The van der Waals surface area contributed by atoms with E-state index < -0.39 is 0 Å². The van der Waals surface area contributed by atoms with Crippen molar-refractivity contribution in [2.24, 2.45) is 0 Å². The van der Waals surface area contributed by atoms with E-state index in [0.29, 0.717) is 12.3 Å². The molecule has 1 aliphatic rings. The zero-order valence-corrected chi connectivity index (χ0v) is 7.90. The van der Waals surface area contributed by atoms with Crippen molar-refractivity contribution < 1.29 is 4.79 Å². The largest absolute Gasteiger partial charge is 0.287 e. The molecule has 1 nitrogen and oxygen atoms in total. The lowest BCUT2D eigenvalue weighted by Crippen LogP contribution is -1.97. The molecule has 1 fully saturated rings. The normalized spacial score (nSPS) is 22.7. The van der Waals surface area contributed by atoms with Gasteiger partial charge in [0, 0.05) is 29.1 Å². The smallest absolute Gasteiger partial charge is 0.190 e. The van der Waals surface area contributed by atoms with Gasteiger partial charge in [0.25, 0.3) is 0 Å². The van der Waals surface area contributed by atoms with Gasteiger partial charge in [-0.3, -0.25) is 4.79 Å². The van der Waals surface area contributed by atoms with Crippen LogP contribution in [0.25, 0.3) is 0 Å². The standard InChI is InChI=1S/C6H9ClOS2/c7-2-1-6(8)10-4-5-3-9-5/h5H,1-4H2. The third kappa shape index (κ3) is 3.74. The van der Waals surface area contributed by atoms with Crippen LogP contribution in [0.1, 0.15) is 6.42 Å². The predicted molar refractivity (Wildman–Crippen MR) is 49.0 cm³/mol. The van der Waals surface area contributed by atoms with Gasteiger partial charge in [-0.2, -0.15) is 11.8 Å². The van der Waals surface area contributed by atoms with Crippen LogP contribution in [-0.2, 0) is 4.79 Å². The summed E-state index contributed by atoms with van der Waals surface area (Å²) < 4.78 is 0. The van der Waals surface area contributed by atoms with Crippen LogP contribution in [0, 0.1) is 0 Å². The third-order valence-corrected chi connectivity index (χ3v) is 3.60. The van der Waals surface area contributed by atoms with Crippen molar-refractivity contribution in [3.05, 3.63) is 0 Å². The van der Waals surface area contributed by atoms with Crippen molar-refractivity contribution in [2.45, 2.75) is 11.7 Å². The van der Waals surface area contributed by atoms with E-state index >= 15 is 0 Å². The maximum Gasteiger partial charge on any atom is 0.190 e. The molecule has 0 aromatic carbocycles. The number of hydrogen-bond donors (Lipinski definition) is 0. The van der Waals surface area contributed by atoms with E-state index in [9.17, 15) is 4.79 Å². The zero-order valence-electron chi connectivity index (χ0n) is 5.51. The first-order valence-electron chi connectivity index (χ1n) is 3.16. The fourth-order valence-electron chi connectivity index (χ4n) is 0.499. The molecular weight excluding hydrogens is 188 g/mol. The number of hydrogen-bond acceptors (Lipinski definition) is 3. The molecule has 1 atom stereocenters. The Kier molecular flexibility index (Phi) is 3.96. The van der Waals surface area contributed by atoms with Crippen molar-refractivity contribution in [3.63, 3.8) is 0 Å². The lowest BCUT2D eigenvalue weighted by molar-refractivity contribution is -0.110. The number of alkyl halides is 1. The molecule has 1 aliphatic heterocycles. The molecule has 0 radical (unpaired) electrons. The molecule has 0 aliphatic carbocycles. The fraction of sp³-hybridized carbons (Fsp3) is 0.833. The van der Waals surface area contributed by atoms with Crippen LogP contribution in [0.5, 0.6) is 0 Å². The van der Waals surface area contributed by atoms with E-state index in [4.69, 9.17) is 11.6 Å². The first-order chi connectivity index (χ1) is 4.83. The van der Waals surface area contributed by atoms with Crippen molar-refractivity contribution in [3.8, 4) is 0 Å². The second-order valence-corrected chi connectivity index (χ2v) is 4.87. The molecule has 10 heavy (non-hydrogen) atoms. The van der Waals surface area contributed by atoms with Crippen LogP contribution in [0.15, 0.2) is 0 Å². The maximum absolute atomic E-state index is 10.8. The lowest BCUT2D eigenvalue weighted by Gasteiger charge is -1.93. The minimum absolute atomic E-state index is 0.238. The zero-order chi connectivity index (χ0) is 7.40. The Morgan fingerprint density at radius 3 is 3.00 bits per heavy atom. The SMILES string of the molecule is O=C(CCCl)SCC1CS1. The number of carbonyl (C=O) groups excluding carboxylic acids is 1. The quantitative estimate of drug-likeness (QED) is 0.506. The lowest BCUT2D eigenvalue weighted by atomic mass is 10.5. The molecule has 1 heterocycles. The van der Waals surface area contributed by atoms with Crippen LogP contribution in [0.4, 0.5) is 0 Å². The third-order valence-electron chi connectivity index (χ3n) is 1.13. The summed E-state index contributed by atoms with van der Waals surface area (Å²) in [6, 6.07) is 0. The Morgan fingerprint density at radius 2 is 2.50 bits per heavy atom. The summed E-state index contributed by atoms with van der Waals surface area (Å²) in [5, 5.41) is 0.992. The summed E-state index contributed by atoms with van der Waals surface area (Å²) in [5.41, 5.74) is 0. The minimum atomic E-state index is 0.238. The summed E-state index contributed by atoms with van der Waals surface area (Å²) in [7, 11) is 0. The van der Waals surface area contributed by atoms with Gasteiger partial charge in [0.1, 0.15) is 0 Å². The van der Waals surface area contributed by atoms with E-state index in [1.807, 2.05) is 11.8 Å². The van der Waals surface area contributed by atoms with E-state index in [2.05, 4.69) is 0 Å². The van der Waals surface area contributed by atoms with Gasteiger partial charge in [0.2, 0.25) is 0 Å². The van der Waals surface area contributed by atoms with Crippen LogP contribution < -0.4 is 0 Å². The molecule has 0 bridgehead atoms. The Balaban J connectivity index is 1.94. The van der Waals surface area contributed by atoms with Gasteiger partial charge in [-0.05, 0) is 0 Å². The van der Waals surface area contributed by atoms with Crippen molar-refractivity contribution in [2.75, 3.05) is 17.4 Å². The molecule has 1 saturated heterocycles. The van der Waals surface area contributed by atoms with Crippen LogP contribution >= 0.6 is 35.1 Å². The van der Waals surface area contributed by atoms with Gasteiger partial charge < -0.3 is 0 Å². The van der Waals surface area contributed by atoms with Gasteiger partial charge in [-0.25, -0.2) is 0 Å².